The molecule has 0 N–H and O–H groups in total. The molecule has 0 aromatic heterocycles. The summed E-state index contributed by atoms with van der Waals surface area (Å²) < 4.78 is 0. The van der Waals surface area contributed by atoms with Gasteiger partial charge >= 0.3 is 0 Å². The van der Waals surface area contributed by atoms with E-state index in [0.717, 1.165) is 25.9 Å². The third-order valence-corrected chi connectivity index (χ3v) is 1.73. The zero-order valence-electron chi connectivity index (χ0n) is 8.31. The summed E-state index contributed by atoms with van der Waals surface area (Å²) in [6.45, 7) is 9.67. The second-order valence-corrected chi connectivity index (χ2v) is 2.98. The highest BCUT2D eigenvalue weighted by Crippen LogP contribution is 1.99. The molecule has 2 heteroatoms. The monoisotopic (exact) mass is 170 g/mol. The fraction of sp³-hybridized carbons (Fsp3) is 0.800. The predicted molar refractivity (Wildman–Crippen MR) is 51.8 cm³/mol. The van der Waals surface area contributed by atoms with Gasteiger partial charge in [-0.15, -0.1) is 0 Å². The van der Waals surface area contributed by atoms with Gasteiger partial charge in [0, 0.05) is 19.5 Å². The number of nitrogens with zero attached hydrogens (tertiary/aromatic N) is 1. The molecule has 0 unspecified atom stereocenters. The Morgan fingerprint density at radius 2 is 1.75 bits per heavy atom. The Labute approximate surface area is 75.9 Å². The minimum absolute atomic E-state index is 0.258. The summed E-state index contributed by atoms with van der Waals surface area (Å²) in [6.07, 6.45) is 3.40. The first-order valence-electron chi connectivity index (χ1n) is 4.83. The van der Waals surface area contributed by atoms with E-state index in [1.54, 1.807) is 0 Å². The Bertz CT molecular complexity index is 117. The second kappa shape index (κ2) is 7.14. The van der Waals surface area contributed by atoms with Gasteiger partial charge in [-0.05, 0) is 19.3 Å². The minimum Gasteiger partial charge on any atom is -0.343 e. The van der Waals surface area contributed by atoms with Gasteiger partial charge in [-0.2, -0.15) is 0 Å². The molecule has 1 radical (unpaired) electrons. The highest BCUT2D eigenvalue weighted by molar-refractivity contribution is 5.76. The van der Waals surface area contributed by atoms with Gasteiger partial charge in [-0.1, -0.05) is 20.8 Å². The molecule has 0 aliphatic rings. The molecule has 0 aromatic rings. The lowest BCUT2D eigenvalue weighted by Gasteiger charge is -2.20. The first-order chi connectivity index (χ1) is 5.76. The van der Waals surface area contributed by atoms with E-state index in [4.69, 9.17) is 0 Å². The number of amides is 1. The molecule has 0 saturated heterocycles. The van der Waals surface area contributed by atoms with Crippen molar-refractivity contribution in [1.29, 1.82) is 0 Å². The van der Waals surface area contributed by atoms with E-state index in [1.807, 2.05) is 4.90 Å². The van der Waals surface area contributed by atoms with Gasteiger partial charge in [0.1, 0.15) is 0 Å². The summed E-state index contributed by atoms with van der Waals surface area (Å²) in [5.41, 5.74) is 0. The van der Waals surface area contributed by atoms with E-state index in [1.165, 1.54) is 0 Å². The molecule has 1 amide bonds. The zero-order chi connectivity index (χ0) is 9.40. The third-order valence-electron chi connectivity index (χ3n) is 1.73. The molecule has 0 atom stereocenters. The lowest BCUT2D eigenvalue weighted by Crippen LogP contribution is -2.32. The number of hydrogen-bond acceptors (Lipinski definition) is 1. The molecular formula is C10H20NO. The summed E-state index contributed by atoms with van der Waals surface area (Å²) in [6, 6.07) is 0. The molecule has 0 saturated carbocycles. The Balaban J connectivity index is 3.81. The maximum absolute atomic E-state index is 11.4. The van der Waals surface area contributed by atoms with Crippen molar-refractivity contribution in [2.24, 2.45) is 0 Å². The van der Waals surface area contributed by atoms with Crippen molar-refractivity contribution in [2.45, 2.75) is 39.5 Å². The van der Waals surface area contributed by atoms with E-state index in [0.29, 0.717) is 12.8 Å². The molecule has 0 aliphatic carbocycles. The van der Waals surface area contributed by atoms with Crippen LogP contribution >= 0.6 is 0 Å². The molecule has 71 valence electrons. The maximum atomic E-state index is 11.4. The van der Waals surface area contributed by atoms with Crippen LogP contribution in [0.25, 0.3) is 0 Å². The predicted octanol–water partition coefficient (Wildman–Crippen LogP) is 2.25. The van der Waals surface area contributed by atoms with Crippen LogP contribution < -0.4 is 0 Å². The van der Waals surface area contributed by atoms with Crippen molar-refractivity contribution < 1.29 is 4.79 Å². The standard InChI is InChI=1S/C10H20NO/c1-4-7-10(12)11(8-5-2)9-6-3/h1,4-9H2,2-3H3. The van der Waals surface area contributed by atoms with Crippen molar-refractivity contribution in [3.63, 3.8) is 0 Å². The van der Waals surface area contributed by atoms with E-state index in [2.05, 4.69) is 20.8 Å². The van der Waals surface area contributed by atoms with Crippen molar-refractivity contribution in [2.75, 3.05) is 13.1 Å². The quantitative estimate of drug-likeness (QED) is 0.598. The molecule has 0 bridgehead atoms. The van der Waals surface area contributed by atoms with Gasteiger partial charge in [0.05, 0.1) is 0 Å². The average Bonchev–Trinajstić information content (AvgIpc) is 2.04. The van der Waals surface area contributed by atoms with Crippen LogP contribution in [0.15, 0.2) is 0 Å². The Morgan fingerprint density at radius 1 is 1.25 bits per heavy atom. The average molecular weight is 170 g/mol. The number of carbonyl (C=O) groups is 1. The molecule has 0 heterocycles. The summed E-state index contributed by atoms with van der Waals surface area (Å²) >= 11 is 0. The maximum Gasteiger partial charge on any atom is 0.222 e. The highest BCUT2D eigenvalue weighted by atomic mass is 16.2. The number of carbonyl (C=O) groups excluding carboxylic acids is 1. The first-order valence-corrected chi connectivity index (χ1v) is 4.83. The normalized spacial score (nSPS) is 9.92. The van der Waals surface area contributed by atoms with Gasteiger partial charge in [0.15, 0.2) is 0 Å². The van der Waals surface area contributed by atoms with E-state index in [9.17, 15) is 4.79 Å². The molecule has 0 aromatic carbocycles. The van der Waals surface area contributed by atoms with Crippen LogP contribution in [0.3, 0.4) is 0 Å². The largest absolute Gasteiger partial charge is 0.343 e. The van der Waals surface area contributed by atoms with E-state index >= 15 is 0 Å². The lowest BCUT2D eigenvalue weighted by atomic mass is 10.2. The van der Waals surface area contributed by atoms with Crippen LogP contribution in [-0.4, -0.2) is 23.9 Å². The van der Waals surface area contributed by atoms with Gasteiger partial charge in [-0.3, -0.25) is 4.79 Å². The molecule has 0 spiro atoms. The fourth-order valence-corrected chi connectivity index (χ4v) is 1.21. The molecular weight excluding hydrogens is 150 g/mol. The molecule has 0 aliphatic heterocycles. The second-order valence-electron chi connectivity index (χ2n) is 2.98. The van der Waals surface area contributed by atoms with E-state index < -0.39 is 0 Å². The summed E-state index contributed by atoms with van der Waals surface area (Å²) in [7, 11) is 0. The van der Waals surface area contributed by atoms with Gasteiger partial charge in [0.25, 0.3) is 0 Å². The SMILES string of the molecule is [CH2]CCC(=O)N(CCC)CCC. The summed E-state index contributed by atoms with van der Waals surface area (Å²) in [5, 5.41) is 0. The highest BCUT2D eigenvalue weighted by Gasteiger charge is 2.09. The summed E-state index contributed by atoms with van der Waals surface area (Å²) in [5.74, 6) is 0.258. The Morgan fingerprint density at radius 3 is 2.08 bits per heavy atom. The number of hydrogen-bond donors (Lipinski definition) is 0. The van der Waals surface area contributed by atoms with Crippen LogP contribution in [0.2, 0.25) is 0 Å². The van der Waals surface area contributed by atoms with Crippen LogP contribution in [-0.2, 0) is 4.79 Å². The molecule has 0 fully saturated rings. The molecule has 2 nitrogen and oxygen atoms in total. The first kappa shape index (κ1) is 11.5. The zero-order valence-corrected chi connectivity index (χ0v) is 8.31. The third kappa shape index (κ3) is 4.37. The van der Waals surface area contributed by atoms with E-state index in [-0.39, 0.29) is 5.91 Å². The molecule has 0 rings (SSSR count). The minimum atomic E-state index is 0.258. The van der Waals surface area contributed by atoms with Gasteiger partial charge < -0.3 is 4.90 Å². The van der Waals surface area contributed by atoms with Crippen molar-refractivity contribution in [1.82, 2.24) is 4.90 Å². The van der Waals surface area contributed by atoms with Gasteiger partial charge in [0.2, 0.25) is 5.91 Å². The van der Waals surface area contributed by atoms with Crippen LogP contribution in [0.5, 0.6) is 0 Å². The summed E-state index contributed by atoms with van der Waals surface area (Å²) in [4.78, 5) is 13.3. The van der Waals surface area contributed by atoms with Crippen LogP contribution in [0.1, 0.15) is 39.5 Å². The van der Waals surface area contributed by atoms with Crippen LogP contribution in [0, 0.1) is 6.92 Å². The smallest absolute Gasteiger partial charge is 0.222 e. The van der Waals surface area contributed by atoms with Crippen molar-refractivity contribution in [3.8, 4) is 0 Å². The molecule has 12 heavy (non-hydrogen) atoms. The van der Waals surface area contributed by atoms with Crippen molar-refractivity contribution >= 4 is 5.91 Å². The van der Waals surface area contributed by atoms with Gasteiger partial charge in [-0.25, -0.2) is 0 Å². The lowest BCUT2D eigenvalue weighted by molar-refractivity contribution is -0.131. The Kier molecular flexibility index (Phi) is 6.82. The van der Waals surface area contributed by atoms with Crippen LogP contribution in [0.4, 0.5) is 0 Å². The Hall–Kier alpha value is -0.530. The fourth-order valence-electron chi connectivity index (χ4n) is 1.21. The topological polar surface area (TPSA) is 20.3 Å². The number of rotatable bonds is 6. The van der Waals surface area contributed by atoms with Crippen molar-refractivity contribution in [3.05, 3.63) is 6.92 Å².